The molecule has 0 bridgehead atoms. The van der Waals surface area contributed by atoms with Crippen molar-refractivity contribution >= 4 is 5.91 Å². The molecule has 0 aliphatic rings. The molecule has 1 aromatic carbocycles. The van der Waals surface area contributed by atoms with E-state index in [1.807, 2.05) is 6.92 Å². The summed E-state index contributed by atoms with van der Waals surface area (Å²) in [4.78, 5) is 15.4. The van der Waals surface area contributed by atoms with Gasteiger partial charge < -0.3 is 14.6 Å². The number of benzene rings is 1. The second-order valence-corrected chi connectivity index (χ2v) is 5.03. The van der Waals surface area contributed by atoms with Crippen molar-refractivity contribution in [1.82, 2.24) is 15.5 Å². The molecule has 0 aliphatic heterocycles. The number of hydrogen-bond acceptors (Lipinski definition) is 5. The predicted octanol–water partition coefficient (Wildman–Crippen LogP) is 2.91. The van der Waals surface area contributed by atoms with E-state index in [0.29, 0.717) is 24.2 Å². The minimum absolute atomic E-state index is 0.117. The van der Waals surface area contributed by atoms with Gasteiger partial charge in [0.1, 0.15) is 0 Å². The van der Waals surface area contributed by atoms with Crippen LogP contribution in [0.5, 0.6) is 0 Å². The topological polar surface area (TPSA) is 77.2 Å². The summed E-state index contributed by atoms with van der Waals surface area (Å²) in [6.07, 6.45) is -3.98. The van der Waals surface area contributed by atoms with Crippen LogP contribution in [0.4, 0.5) is 13.2 Å². The smallest absolute Gasteiger partial charge is 0.383 e. The van der Waals surface area contributed by atoms with Crippen LogP contribution < -0.4 is 5.32 Å². The van der Waals surface area contributed by atoms with Gasteiger partial charge in [-0.2, -0.15) is 18.2 Å². The van der Waals surface area contributed by atoms with Crippen LogP contribution in [0.25, 0.3) is 11.4 Å². The highest BCUT2D eigenvalue weighted by atomic mass is 19.4. The second-order valence-electron chi connectivity index (χ2n) is 5.03. The number of alkyl halides is 3. The summed E-state index contributed by atoms with van der Waals surface area (Å²) in [6, 6.07) is 5.75. The molecular formula is C15H16F3N3O3. The number of ether oxygens (including phenoxy) is 1. The molecular weight excluding hydrogens is 327 g/mol. The van der Waals surface area contributed by atoms with Crippen molar-refractivity contribution in [3.8, 4) is 11.4 Å². The SMILES string of the molecule is CCC(COC)NC(=O)c1ccc(-c2noc(C(F)(F)F)n2)cc1. The molecule has 6 nitrogen and oxygen atoms in total. The predicted molar refractivity (Wildman–Crippen MR) is 78.2 cm³/mol. The highest BCUT2D eigenvalue weighted by molar-refractivity contribution is 5.94. The zero-order valence-corrected chi connectivity index (χ0v) is 13.1. The Morgan fingerprint density at radius 3 is 2.50 bits per heavy atom. The van der Waals surface area contributed by atoms with E-state index in [1.54, 1.807) is 7.11 Å². The van der Waals surface area contributed by atoms with Crippen molar-refractivity contribution in [2.45, 2.75) is 25.6 Å². The van der Waals surface area contributed by atoms with Crippen molar-refractivity contribution in [3.63, 3.8) is 0 Å². The Morgan fingerprint density at radius 2 is 2.00 bits per heavy atom. The maximum Gasteiger partial charge on any atom is 0.471 e. The molecule has 1 heterocycles. The fourth-order valence-electron chi connectivity index (χ4n) is 1.96. The van der Waals surface area contributed by atoms with Crippen LogP contribution in [0.3, 0.4) is 0 Å². The molecule has 2 aromatic rings. The summed E-state index contributed by atoms with van der Waals surface area (Å²) in [6.45, 7) is 2.31. The summed E-state index contributed by atoms with van der Waals surface area (Å²) >= 11 is 0. The number of aromatic nitrogens is 2. The number of halogens is 3. The van der Waals surface area contributed by atoms with Crippen LogP contribution >= 0.6 is 0 Å². The van der Waals surface area contributed by atoms with E-state index in [2.05, 4.69) is 20.0 Å². The van der Waals surface area contributed by atoms with Gasteiger partial charge in [-0.1, -0.05) is 24.2 Å². The fourth-order valence-corrected chi connectivity index (χ4v) is 1.96. The Hall–Kier alpha value is -2.42. The molecule has 9 heteroatoms. The van der Waals surface area contributed by atoms with Gasteiger partial charge in [-0.25, -0.2) is 0 Å². The van der Waals surface area contributed by atoms with Gasteiger partial charge in [0.05, 0.1) is 12.6 Å². The Morgan fingerprint density at radius 1 is 1.33 bits per heavy atom. The van der Waals surface area contributed by atoms with Gasteiger partial charge in [0.15, 0.2) is 0 Å². The van der Waals surface area contributed by atoms with E-state index in [9.17, 15) is 18.0 Å². The van der Waals surface area contributed by atoms with Gasteiger partial charge in [-0.05, 0) is 18.6 Å². The molecule has 1 aromatic heterocycles. The van der Waals surface area contributed by atoms with E-state index in [1.165, 1.54) is 24.3 Å². The maximum atomic E-state index is 12.4. The van der Waals surface area contributed by atoms with Crippen LogP contribution in [-0.2, 0) is 10.9 Å². The van der Waals surface area contributed by atoms with Gasteiger partial charge in [0, 0.05) is 18.2 Å². The Kier molecular flexibility index (Phi) is 5.55. The molecule has 1 N–H and O–H groups in total. The standard InChI is InChI=1S/C15H16F3N3O3/c1-3-11(8-23-2)19-13(22)10-6-4-9(5-7-10)12-20-14(24-21-12)15(16,17)18/h4-7,11H,3,8H2,1-2H3,(H,19,22). The van der Waals surface area contributed by atoms with E-state index in [4.69, 9.17) is 4.74 Å². The quantitative estimate of drug-likeness (QED) is 0.873. The van der Waals surface area contributed by atoms with Gasteiger partial charge >= 0.3 is 12.1 Å². The summed E-state index contributed by atoms with van der Waals surface area (Å²) in [5, 5.41) is 6.09. The normalized spacial score (nSPS) is 12.9. The van der Waals surface area contributed by atoms with Crippen molar-refractivity contribution in [2.24, 2.45) is 0 Å². The van der Waals surface area contributed by atoms with Crippen LogP contribution in [0.15, 0.2) is 28.8 Å². The van der Waals surface area contributed by atoms with Gasteiger partial charge in [0.2, 0.25) is 5.82 Å². The zero-order valence-electron chi connectivity index (χ0n) is 13.1. The summed E-state index contributed by atoms with van der Waals surface area (Å²) in [5.74, 6) is -1.90. The van der Waals surface area contributed by atoms with Crippen LogP contribution in [0.1, 0.15) is 29.6 Å². The fraction of sp³-hybridized carbons (Fsp3) is 0.400. The number of amides is 1. The molecule has 0 radical (unpaired) electrons. The lowest BCUT2D eigenvalue weighted by Gasteiger charge is -2.15. The minimum atomic E-state index is -4.69. The van der Waals surface area contributed by atoms with E-state index >= 15 is 0 Å². The lowest BCUT2D eigenvalue weighted by molar-refractivity contribution is -0.159. The average Bonchev–Trinajstić information content (AvgIpc) is 3.04. The largest absolute Gasteiger partial charge is 0.471 e. The van der Waals surface area contributed by atoms with E-state index in [-0.39, 0.29) is 17.8 Å². The maximum absolute atomic E-state index is 12.4. The van der Waals surface area contributed by atoms with Crippen molar-refractivity contribution < 1.29 is 27.2 Å². The Labute approximate surface area is 136 Å². The molecule has 1 atom stereocenters. The Bertz CT molecular complexity index is 683. The van der Waals surface area contributed by atoms with Gasteiger partial charge in [-0.15, -0.1) is 0 Å². The first-order valence-electron chi connectivity index (χ1n) is 7.16. The molecule has 0 saturated carbocycles. The first-order valence-corrected chi connectivity index (χ1v) is 7.16. The highest BCUT2D eigenvalue weighted by Crippen LogP contribution is 2.29. The number of methoxy groups -OCH3 is 1. The van der Waals surface area contributed by atoms with E-state index in [0.717, 1.165) is 0 Å². The molecule has 1 amide bonds. The third-order valence-electron chi connectivity index (χ3n) is 3.27. The summed E-state index contributed by atoms with van der Waals surface area (Å²) in [7, 11) is 1.55. The van der Waals surface area contributed by atoms with Crippen molar-refractivity contribution in [3.05, 3.63) is 35.7 Å². The number of carbonyl (C=O) groups is 1. The van der Waals surface area contributed by atoms with Crippen molar-refractivity contribution in [2.75, 3.05) is 13.7 Å². The molecule has 130 valence electrons. The van der Waals surface area contributed by atoms with Crippen LogP contribution in [0.2, 0.25) is 0 Å². The third-order valence-corrected chi connectivity index (χ3v) is 3.27. The molecule has 0 fully saturated rings. The lowest BCUT2D eigenvalue weighted by atomic mass is 10.1. The third kappa shape index (κ3) is 4.31. The van der Waals surface area contributed by atoms with Gasteiger partial charge in [-0.3, -0.25) is 4.79 Å². The van der Waals surface area contributed by atoms with Crippen LogP contribution in [-0.4, -0.2) is 35.8 Å². The second kappa shape index (κ2) is 7.43. The zero-order chi connectivity index (χ0) is 17.7. The molecule has 0 aliphatic carbocycles. The Balaban J connectivity index is 2.10. The molecule has 0 spiro atoms. The number of nitrogens with zero attached hydrogens (tertiary/aromatic N) is 2. The average molecular weight is 343 g/mol. The van der Waals surface area contributed by atoms with Crippen molar-refractivity contribution in [1.29, 1.82) is 0 Å². The van der Waals surface area contributed by atoms with Gasteiger partial charge in [0.25, 0.3) is 5.91 Å². The summed E-state index contributed by atoms with van der Waals surface area (Å²) < 4.78 is 46.5. The van der Waals surface area contributed by atoms with Crippen LogP contribution in [0, 0.1) is 0 Å². The number of nitrogens with one attached hydrogen (secondary N) is 1. The number of carbonyl (C=O) groups excluding carboxylic acids is 1. The number of rotatable bonds is 6. The molecule has 1 unspecified atom stereocenters. The summed E-state index contributed by atoms with van der Waals surface area (Å²) in [5.41, 5.74) is 0.683. The monoisotopic (exact) mass is 343 g/mol. The first kappa shape index (κ1) is 17.9. The minimum Gasteiger partial charge on any atom is -0.383 e. The first-order chi connectivity index (χ1) is 11.3. The molecule has 2 rings (SSSR count). The lowest BCUT2D eigenvalue weighted by Crippen LogP contribution is -2.37. The highest BCUT2D eigenvalue weighted by Gasteiger charge is 2.38. The van der Waals surface area contributed by atoms with E-state index < -0.39 is 12.1 Å². The molecule has 0 saturated heterocycles. The number of hydrogen-bond donors (Lipinski definition) is 1. The molecule has 24 heavy (non-hydrogen) atoms.